The summed E-state index contributed by atoms with van der Waals surface area (Å²) in [5.74, 6) is 0. The molecule has 0 atom stereocenters. The summed E-state index contributed by atoms with van der Waals surface area (Å²) in [6, 6.07) is 155. The number of fused-ring (bicyclic) bond motifs is 18. The van der Waals surface area contributed by atoms with Gasteiger partial charge in [-0.1, -0.05) is 367 Å². The first-order valence-electron chi connectivity index (χ1n) is 39.4. The average molecular weight is 1430 g/mol. The Labute approximate surface area is 657 Å². The van der Waals surface area contributed by atoms with E-state index in [0.29, 0.717) is 0 Å². The van der Waals surface area contributed by atoms with Gasteiger partial charge in [0.05, 0.1) is 22.2 Å². The molecule has 0 N–H and O–H groups in total. The van der Waals surface area contributed by atoms with E-state index in [0.717, 1.165) is 73.1 Å². The van der Waals surface area contributed by atoms with Crippen LogP contribution in [-0.2, 0) is 21.7 Å². The van der Waals surface area contributed by atoms with E-state index in [1.807, 2.05) is 0 Å². The normalized spacial score (nSPS) is 14.2. The molecule has 2 heteroatoms. The van der Waals surface area contributed by atoms with Crippen LogP contribution >= 0.6 is 0 Å². The molecule has 530 valence electrons. The summed E-state index contributed by atoms with van der Waals surface area (Å²) in [4.78, 5) is 4.89. The van der Waals surface area contributed by atoms with Gasteiger partial charge in [0, 0.05) is 44.7 Å². The van der Waals surface area contributed by atoms with Gasteiger partial charge in [-0.05, 0) is 217 Å². The van der Waals surface area contributed by atoms with Gasteiger partial charge in [0.15, 0.2) is 0 Å². The Bertz CT molecular complexity index is 6450. The number of rotatable bonds is 12. The molecule has 4 aliphatic carbocycles. The van der Waals surface area contributed by atoms with Crippen LogP contribution in [0.3, 0.4) is 0 Å². The summed E-state index contributed by atoms with van der Waals surface area (Å²) in [6.45, 7) is 9.64. The molecule has 0 heterocycles. The third-order valence-electron chi connectivity index (χ3n) is 25.3. The van der Waals surface area contributed by atoms with Crippen LogP contribution in [0.1, 0.15) is 94.5 Å². The highest BCUT2D eigenvalue weighted by Crippen LogP contribution is 2.65. The average Bonchev–Trinajstić information content (AvgIpc) is 1.43. The molecule has 0 saturated carbocycles. The molecule has 17 aromatic rings. The van der Waals surface area contributed by atoms with Gasteiger partial charge in [0.2, 0.25) is 0 Å². The fourth-order valence-corrected chi connectivity index (χ4v) is 20.1. The van der Waals surface area contributed by atoms with Crippen LogP contribution in [0.4, 0.5) is 34.1 Å². The quantitative estimate of drug-likeness (QED) is 0.120. The number of hydrogen-bond donors (Lipinski definition) is 0. The molecule has 2 nitrogen and oxygen atoms in total. The Balaban J connectivity index is 0.657. The third kappa shape index (κ3) is 10.0. The van der Waals surface area contributed by atoms with Gasteiger partial charge >= 0.3 is 0 Å². The van der Waals surface area contributed by atoms with Crippen LogP contribution in [0.2, 0.25) is 0 Å². The minimum absolute atomic E-state index is 0.198. The zero-order valence-corrected chi connectivity index (χ0v) is 63.2. The van der Waals surface area contributed by atoms with E-state index >= 15 is 0 Å². The summed E-state index contributed by atoms with van der Waals surface area (Å²) in [5.41, 5.74) is 40.4. The maximum absolute atomic E-state index is 2.53. The van der Waals surface area contributed by atoms with Crippen LogP contribution in [-0.4, -0.2) is 0 Å². The van der Waals surface area contributed by atoms with Crippen molar-refractivity contribution in [2.45, 2.75) is 49.4 Å². The van der Waals surface area contributed by atoms with Gasteiger partial charge in [-0.2, -0.15) is 0 Å². The highest BCUT2D eigenvalue weighted by Gasteiger charge is 2.55. The highest BCUT2D eigenvalue weighted by molar-refractivity contribution is 5.99. The van der Waals surface area contributed by atoms with Crippen molar-refractivity contribution in [1.82, 2.24) is 0 Å². The van der Waals surface area contributed by atoms with Crippen LogP contribution < -0.4 is 9.80 Å². The molecule has 0 saturated heterocycles. The molecule has 0 fully saturated rings. The SMILES string of the molecule is CC1(C)c2ccccc2C2(c3ccccc3-c3ccccc32)c2ccc(-c3ccc(N(c4ccc(-c5ccc(-c6ccccc6)cc5)cc4)c4ccc(-c5ccccc5-c5ccccc5N(c5ccccc5)c5ccccc5-c5ccc6c(c5)C5(c7ccccc7-6)c6ccccc6C(C)(C)c6ccccc65)cc4)cc3)cc21. The van der Waals surface area contributed by atoms with E-state index in [1.165, 1.54) is 117 Å². The summed E-state index contributed by atoms with van der Waals surface area (Å²) in [6.07, 6.45) is 0. The first-order valence-corrected chi connectivity index (χ1v) is 39.4. The molecule has 17 aromatic carbocycles. The van der Waals surface area contributed by atoms with Crippen molar-refractivity contribution in [2.24, 2.45) is 0 Å². The lowest BCUT2D eigenvalue weighted by molar-refractivity contribution is 0.563. The monoisotopic (exact) mass is 1430 g/mol. The Hall–Kier alpha value is -13.7. The lowest BCUT2D eigenvalue weighted by atomic mass is 9.55. The maximum Gasteiger partial charge on any atom is 0.0719 e. The van der Waals surface area contributed by atoms with Gasteiger partial charge in [-0.3, -0.25) is 0 Å². The fourth-order valence-electron chi connectivity index (χ4n) is 20.1. The van der Waals surface area contributed by atoms with E-state index < -0.39 is 10.8 Å². The molecule has 0 aliphatic heterocycles. The van der Waals surface area contributed by atoms with Crippen molar-refractivity contribution < 1.29 is 0 Å². The number of hydrogen-bond acceptors (Lipinski definition) is 2. The molecule has 0 amide bonds. The van der Waals surface area contributed by atoms with Crippen molar-refractivity contribution in [3.8, 4) is 89.0 Å². The largest absolute Gasteiger partial charge is 0.311 e. The van der Waals surface area contributed by atoms with Crippen LogP contribution in [0.25, 0.3) is 89.0 Å². The molecular formula is C110H80N2. The maximum atomic E-state index is 2.53. The Kier molecular flexibility index (Phi) is 15.5. The first kappa shape index (κ1) is 66.5. The van der Waals surface area contributed by atoms with Gasteiger partial charge in [0.1, 0.15) is 0 Å². The van der Waals surface area contributed by atoms with Crippen molar-refractivity contribution >= 4 is 34.1 Å². The number of anilines is 6. The smallest absolute Gasteiger partial charge is 0.0719 e. The molecule has 0 radical (unpaired) electrons. The minimum atomic E-state index is -0.528. The summed E-state index contributed by atoms with van der Waals surface area (Å²) >= 11 is 0. The molecule has 4 aliphatic rings. The lowest BCUT2D eigenvalue weighted by Crippen LogP contribution is -2.40. The Morgan fingerprint density at radius 1 is 0.152 bits per heavy atom. The second-order valence-electron chi connectivity index (χ2n) is 31.7. The highest BCUT2D eigenvalue weighted by atomic mass is 15.2. The van der Waals surface area contributed by atoms with Crippen LogP contribution in [0.15, 0.2) is 413 Å². The summed E-state index contributed by atoms with van der Waals surface area (Å²) in [5, 5.41) is 0. The molecule has 0 unspecified atom stereocenters. The van der Waals surface area contributed by atoms with E-state index in [9.17, 15) is 0 Å². The zero-order valence-electron chi connectivity index (χ0n) is 63.2. The van der Waals surface area contributed by atoms with Crippen molar-refractivity contribution in [3.05, 3.63) is 479 Å². The molecule has 21 rings (SSSR count). The first-order chi connectivity index (χ1) is 55.1. The number of para-hydroxylation sites is 3. The fraction of sp³-hybridized carbons (Fsp3) is 0.0727. The molecule has 2 spiro atoms. The molecule has 0 aromatic heterocycles. The predicted molar refractivity (Wildman–Crippen MR) is 467 cm³/mol. The number of nitrogens with zero attached hydrogens (tertiary/aromatic N) is 2. The van der Waals surface area contributed by atoms with Crippen molar-refractivity contribution in [2.75, 3.05) is 9.80 Å². The minimum Gasteiger partial charge on any atom is -0.311 e. The van der Waals surface area contributed by atoms with Gasteiger partial charge in [0.25, 0.3) is 0 Å². The van der Waals surface area contributed by atoms with E-state index in [2.05, 4.69) is 450 Å². The van der Waals surface area contributed by atoms with E-state index in [1.54, 1.807) is 0 Å². The van der Waals surface area contributed by atoms with Gasteiger partial charge < -0.3 is 9.80 Å². The van der Waals surface area contributed by atoms with Crippen molar-refractivity contribution in [3.63, 3.8) is 0 Å². The van der Waals surface area contributed by atoms with E-state index in [-0.39, 0.29) is 10.8 Å². The summed E-state index contributed by atoms with van der Waals surface area (Å²) in [7, 11) is 0. The lowest BCUT2D eigenvalue weighted by Gasteiger charge is -2.46. The topological polar surface area (TPSA) is 6.48 Å². The van der Waals surface area contributed by atoms with Crippen molar-refractivity contribution in [1.29, 1.82) is 0 Å². The second kappa shape index (κ2) is 26.0. The predicted octanol–water partition coefficient (Wildman–Crippen LogP) is 28.6. The second-order valence-corrected chi connectivity index (χ2v) is 31.7. The van der Waals surface area contributed by atoms with Gasteiger partial charge in [-0.25, -0.2) is 0 Å². The Morgan fingerprint density at radius 2 is 0.438 bits per heavy atom. The molecule has 0 bridgehead atoms. The molecule has 112 heavy (non-hydrogen) atoms. The summed E-state index contributed by atoms with van der Waals surface area (Å²) < 4.78 is 0. The van der Waals surface area contributed by atoms with Gasteiger partial charge in [-0.15, -0.1) is 0 Å². The molecular weight excluding hydrogens is 1350 g/mol. The van der Waals surface area contributed by atoms with E-state index in [4.69, 9.17) is 0 Å². The Morgan fingerprint density at radius 3 is 0.929 bits per heavy atom. The third-order valence-corrected chi connectivity index (χ3v) is 25.3. The number of benzene rings is 17. The standard InChI is InChI=1S/C110H80N2/c1-107(2)96-43-21-25-47-100(96)110(101-48-26-22-44-97(101)107)95-42-20-15-38-90(95)91-69-61-80(72-103(91)110)86-34-16-27-49-105(86)112(81-31-9-6-10-32-81)106-50-28-17-39-92(106)87-35-12-11-33-85(87)78-59-67-84(68-60-78)111(82-63-55-76(56-64-82)75-53-51-74(52-54-75)73-29-7-5-8-30-73)83-65-57-77(58-66-83)79-62-70-102-104(71-79)108(3,4)98-45-23-24-46-99(98)109(102)93-40-18-13-36-88(93)89-37-14-19-41-94(89)109/h5-72H,1-4H3. The van der Waals surface area contributed by atoms with Crippen LogP contribution in [0.5, 0.6) is 0 Å². The van der Waals surface area contributed by atoms with Crippen LogP contribution in [0, 0.1) is 0 Å². The zero-order chi connectivity index (χ0) is 74.9.